The van der Waals surface area contributed by atoms with Gasteiger partial charge in [-0.2, -0.15) is 0 Å². The quantitative estimate of drug-likeness (QED) is 0.788. The molecule has 0 aliphatic rings. The first-order chi connectivity index (χ1) is 7.95. The maximum Gasteiger partial charge on any atom is -0.00436 e. The molecule has 1 nitrogen and oxygen atoms in total. The average Bonchev–Trinajstić information content (AvgIpc) is 2.26. The van der Waals surface area contributed by atoms with Crippen molar-refractivity contribution in [2.45, 2.75) is 46.0 Å². The van der Waals surface area contributed by atoms with Crippen LogP contribution in [0, 0.1) is 5.92 Å². The summed E-state index contributed by atoms with van der Waals surface area (Å²) < 4.78 is 0. The van der Waals surface area contributed by atoms with E-state index < -0.39 is 0 Å². The lowest BCUT2D eigenvalue weighted by Crippen LogP contribution is -2.23. The fourth-order valence-corrected chi connectivity index (χ4v) is 2.17. The second-order valence-electron chi connectivity index (χ2n) is 6.04. The molecule has 1 aromatic rings. The Morgan fingerprint density at radius 1 is 1.24 bits per heavy atom. The van der Waals surface area contributed by atoms with Gasteiger partial charge in [0.1, 0.15) is 0 Å². The van der Waals surface area contributed by atoms with E-state index >= 15 is 0 Å². The van der Waals surface area contributed by atoms with Gasteiger partial charge in [0.05, 0.1) is 0 Å². The highest BCUT2D eigenvalue weighted by Gasteiger charge is 2.19. The highest BCUT2D eigenvalue weighted by atomic mass is 14.8. The van der Waals surface area contributed by atoms with Crippen molar-refractivity contribution in [3.63, 3.8) is 0 Å². The lowest BCUT2D eigenvalue weighted by molar-refractivity contribution is 0.468. The maximum absolute atomic E-state index is 3.24. The third-order valence-corrected chi connectivity index (χ3v) is 3.35. The van der Waals surface area contributed by atoms with Crippen LogP contribution in [0.4, 0.5) is 0 Å². The lowest BCUT2D eigenvalue weighted by Gasteiger charge is -2.26. The largest absolute Gasteiger partial charge is 0.320 e. The van der Waals surface area contributed by atoms with Crippen LogP contribution in [-0.2, 0) is 11.8 Å². The molecule has 1 aromatic carbocycles. The Kier molecular flexibility index (Phi) is 5.20. The van der Waals surface area contributed by atoms with Gasteiger partial charge in [-0.1, -0.05) is 52.0 Å². The summed E-state index contributed by atoms with van der Waals surface area (Å²) in [6.07, 6.45) is 2.35. The van der Waals surface area contributed by atoms with Crippen LogP contribution in [0.3, 0.4) is 0 Å². The van der Waals surface area contributed by atoms with Crippen molar-refractivity contribution < 1.29 is 0 Å². The summed E-state index contributed by atoms with van der Waals surface area (Å²) >= 11 is 0. The van der Waals surface area contributed by atoms with Crippen molar-refractivity contribution in [2.75, 3.05) is 13.6 Å². The van der Waals surface area contributed by atoms with Gasteiger partial charge in [0.25, 0.3) is 0 Å². The van der Waals surface area contributed by atoms with Crippen LogP contribution in [0.25, 0.3) is 0 Å². The smallest absolute Gasteiger partial charge is 0.00436 e. The summed E-state index contributed by atoms with van der Waals surface area (Å²) in [5, 5.41) is 3.24. The lowest BCUT2D eigenvalue weighted by atomic mass is 9.80. The molecule has 0 aromatic heterocycles. The molecular formula is C16H27N. The molecule has 96 valence electrons. The number of nitrogens with one attached hydrogen (secondary N) is 1. The number of hydrogen-bond donors (Lipinski definition) is 1. The van der Waals surface area contributed by atoms with Gasteiger partial charge in [-0.15, -0.1) is 0 Å². The minimum absolute atomic E-state index is 0.260. The monoisotopic (exact) mass is 233 g/mol. The second-order valence-corrected chi connectivity index (χ2v) is 6.04. The molecule has 1 rings (SSSR count). The van der Waals surface area contributed by atoms with Crippen LogP contribution < -0.4 is 5.32 Å². The molecule has 0 saturated heterocycles. The Morgan fingerprint density at radius 2 is 1.94 bits per heavy atom. The molecule has 0 aliphatic carbocycles. The fraction of sp³-hybridized carbons (Fsp3) is 0.625. The van der Waals surface area contributed by atoms with Crippen LogP contribution in [-0.4, -0.2) is 13.6 Å². The number of benzene rings is 1. The van der Waals surface area contributed by atoms with E-state index in [1.807, 2.05) is 7.05 Å². The van der Waals surface area contributed by atoms with Crippen LogP contribution in [0.1, 0.15) is 45.2 Å². The zero-order chi connectivity index (χ0) is 12.9. The molecule has 0 radical (unpaired) electrons. The Bertz CT molecular complexity index is 339. The first-order valence-corrected chi connectivity index (χ1v) is 6.69. The highest BCUT2D eigenvalue weighted by molar-refractivity contribution is 5.29. The van der Waals surface area contributed by atoms with Gasteiger partial charge < -0.3 is 5.32 Å². The molecule has 0 amide bonds. The molecular weight excluding hydrogens is 206 g/mol. The average molecular weight is 233 g/mol. The van der Waals surface area contributed by atoms with Crippen LogP contribution in [0.2, 0.25) is 0 Å². The Hall–Kier alpha value is -0.820. The third kappa shape index (κ3) is 4.51. The SMILES string of the molecule is CNCCC(C)(C)c1cccc(CC(C)C)c1. The van der Waals surface area contributed by atoms with E-state index in [1.165, 1.54) is 24.0 Å². The second kappa shape index (κ2) is 6.20. The first-order valence-electron chi connectivity index (χ1n) is 6.69. The summed E-state index contributed by atoms with van der Waals surface area (Å²) in [5.74, 6) is 0.727. The molecule has 0 fully saturated rings. The summed E-state index contributed by atoms with van der Waals surface area (Å²) in [4.78, 5) is 0. The normalized spacial score (nSPS) is 12.1. The fourth-order valence-electron chi connectivity index (χ4n) is 2.17. The molecule has 0 atom stereocenters. The predicted octanol–water partition coefficient (Wildman–Crippen LogP) is 3.77. The van der Waals surface area contributed by atoms with Crippen molar-refractivity contribution in [3.8, 4) is 0 Å². The van der Waals surface area contributed by atoms with Gasteiger partial charge in [-0.25, -0.2) is 0 Å². The summed E-state index contributed by atoms with van der Waals surface area (Å²) in [5.41, 5.74) is 3.19. The molecule has 0 heterocycles. The maximum atomic E-state index is 3.24. The van der Waals surface area contributed by atoms with Crippen molar-refractivity contribution in [1.29, 1.82) is 0 Å². The van der Waals surface area contributed by atoms with Crippen molar-refractivity contribution >= 4 is 0 Å². The first kappa shape index (κ1) is 14.2. The minimum atomic E-state index is 0.260. The van der Waals surface area contributed by atoms with Crippen LogP contribution in [0.15, 0.2) is 24.3 Å². The van der Waals surface area contributed by atoms with Crippen LogP contribution in [0.5, 0.6) is 0 Å². The molecule has 0 spiro atoms. The van der Waals surface area contributed by atoms with E-state index in [4.69, 9.17) is 0 Å². The summed E-state index contributed by atoms with van der Waals surface area (Å²) in [7, 11) is 2.02. The van der Waals surface area contributed by atoms with Crippen LogP contribution >= 0.6 is 0 Å². The van der Waals surface area contributed by atoms with Gasteiger partial charge in [0, 0.05) is 0 Å². The van der Waals surface area contributed by atoms with E-state index in [9.17, 15) is 0 Å². The molecule has 0 unspecified atom stereocenters. The van der Waals surface area contributed by atoms with Gasteiger partial charge in [-0.3, -0.25) is 0 Å². The van der Waals surface area contributed by atoms with Gasteiger partial charge >= 0.3 is 0 Å². The summed E-state index contributed by atoms with van der Waals surface area (Å²) in [6, 6.07) is 9.10. The molecule has 17 heavy (non-hydrogen) atoms. The Balaban J connectivity index is 2.82. The molecule has 0 aliphatic heterocycles. The van der Waals surface area contributed by atoms with E-state index in [-0.39, 0.29) is 5.41 Å². The number of hydrogen-bond acceptors (Lipinski definition) is 1. The highest BCUT2D eigenvalue weighted by Crippen LogP contribution is 2.27. The van der Waals surface area contributed by atoms with E-state index in [2.05, 4.69) is 57.3 Å². The van der Waals surface area contributed by atoms with Gasteiger partial charge in [-0.05, 0) is 48.9 Å². The minimum Gasteiger partial charge on any atom is -0.320 e. The molecule has 1 heteroatoms. The zero-order valence-electron chi connectivity index (χ0n) is 12.0. The number of rotatable bonds is 6. The predicted molar refractivity (Wildman–Crippen MR) is 76.6 cm³/mol. The van der Waals surface area contributed by atoms with Gasteiger partial charge in [0.2, 0.25) is 0 Å². The Labute approximate surface area is 107 Å². The van der Waals surface area contributed by atoms with E-state index in [1.54, 1.807) is 0 Å². The third-order valence-electron chi connectivity index (χ3n) is 3.35. The van der Waals surface area contributed by atoms with Crippen molar-refractivity contribution in [3.05, 3.63) is 35.4 Å². The Morgan fingerprint density at radius 3 is 2.53 bits per heavy atom. The zero-order valence-corrected chi connectivity index (χ0v) is 12.0. The molecule has 0 bridgehead atoms. The van der Waals surface area contributed by atoms with Crippen molar-refractivity contribution in [2.24, 2.45) is 5.92 Å². The topological polar surface area (TPSA) is 12.0 Å². The molecule has 0 saturated carbocycles. The molecule has 1 N–H and O–H groups in total. The van der Waals surface area contributed by atoms with Crippen molar-refractivity contribution in [1.82, 2.24) is 5.32 Å². The summed E-state index contributed by atoms with van der Waals surface area (Å²) in [6.45, 7) is 10.3. The standard InChI is InChI=1S/C16H27N/c1-13(2)11-14-7-6-8-15(12-14)16(3,4)9-10-17-5/h6-8,12-13,17H,9-11H2,1-5H3. The van der Waals surface area contributed by atoms with E-state index in [0.717, 1.165) is 12.5 Å². The van der Waals surface area contributed by atoms with E-state index in [0.29, 0.717) is 0 Å². The van der Waals surface area contributed by atoms with Gasteiger partial charge in [0.15, 0.2) is 0 Å².